The van der Waals surface area contributed by atoms with E-state index in [-0.39, 0.29) is 17.0 Å². The lowest BCUT2D eigenvalue weighted by Gasteiger charge is -2.38. The molecule has 22 heavy (non-hydrogen) atoms. The molecule has 114 valence electrons. The van der Waals surface area contributed by atoms with Gasteiger partial charge in [-0.05, 0) is 42.0 Å². The number of benzene rings is 2. The largest absolute Gasteiger partial charge is 0.497 e. The number of halogens is 1. The third-order valence-electron chi connectivity index (χ3n) is 3.64. The van der Waals surface area contributed by atoms with Gasteiger partial charge >= 0.3 is 0 Å². The molecule has 0 aliphatic carbocycles. The summed E-state index contributed by atoms with van der Waals surface area (Å²) in [5.74, 6) is 1.42. The molecule has 1 heterocycles. The Hall–Kier alpha value is -2.01. The second-order valence-electron chi connectivity index (χ2n) is 5.07. The number of ether oxygens (including phenoxy) is 1. The van der Waals surface area contributed by atoms with E-state index >= 15 is 0 Å². The topological polar surface area (TPSA) is 29.5 Å². The molecule has 1 aliphatic rings. The highest BCUT2D eigenvalue weighted by atomic mass is 32.2. The van der Waals surface area contributed by atoms with Crippen molar-refractivity contribution < 1.29 is 13.9 Å². The summed E-state index contributed by atoms with van der Waals surface area (Å²) in [7, 11) is 1.64. The van der Waals surface area contributed by atoms with Crippen LogP contribution in [0.15, 0.2) is 48.5 Å². The Bertz CT molecular complexity index is 657. The molecule has 1 amide bonds. The zero-order valence-corrected chi connectivity index (χ0v) is 13.0. The van der Waals surface area contributed by atoms with E-state index in [1.807, 2.05) is 24.3 Å². The van der Waals surface area contributed by atoms with Gasteiger partial charge < -0.3 is 9.64 Å². The lowest BCUT2D eigenvalue weighted by atomic mass is 10.1. The van der Waals surface area contributed by atoms with Gasteiger partial charge in [-0.15, -0.1) is 11.8 Å². The third-order valence-corrected chi connectivity index (χ3v) is 4.89. The molecule has 2 aromatic carbocycles. The van der Waals surface area contributed by atoms with Crippen LogP contribution in [0, 0.1) is 5.82 Å². The number of rotatable bonds is 5. The molecule has 0 bridgehead atoms. The Morgan fingerprint density at radius 2 is 1.86 bits per heavy atom. The van der Waals surface area contributed by atoms with Crippen LogP contribution in [0.4, 0.5) is 10.1 Å². The first-order valence-corrected chi connectivity index (χ1v) is 8.04. The minimum atomic E-state index is -0.290. The van der Waals surface area contributed by atoms with Crippen molar-refractivity contribution in [3.63, 3.8) is 0 Å². The second-order valence-corrected chi connectivity index (χ2v) is 6.26. The molecule has 1 atom stereocenters. The van der Waals surface area contributed by atoms with Gasteiger partial charge in [-0.1, -0.05) is 12.1 Å². The molecule has 1 aliphatic heterocycles. The van der Waals surface area contributed by atoms with Crippen molar-refractivity contribution in [2.75, 3.05) is 18.6 Å². The number of thioether (sulfide) groups is 1. The lowest BCUT2D eigenvalue weighted by Crippen LogP contribution is -2.55. The van der Waals surface area contributed by atoms with Crippen LogP contribution in [0.2, 0.25) is 0 Å². The van der Waals surface area contributed by atoms with Gasteiger partial charge in [0.2, 0.25) is 5.91 Å². The molecule has 1 unspecified atom stereocenters. The van der Waals surface area contributed by atoms with Crippen molar-refractivity contribution in [1.82, 2.24) is 0 Å². The summed E-state index contributed by atoms with van der Waals surface area (Å²) < 4.78 is 18.0. The van der Waals surface area contributed by atoms with E-state index in [2.05, 4.69) is 0 Å². The highest BCUT2D eigenvalue weighted by Crippen LogP contribution is 2.31. The normalized spacial score (nSPS) is 17.3. The van der Waals surface area contributed by atoms with E-state index in [9.17, 15) is 9.18 Å². The highest BCUT2D eigenvalue weighted by molar-refractivity contribution is 8.00. The van der Waals surface area contributed by atoms with Crippen molar-refractivity contribution in [2.24, 2.45) is 0 Å². The van der Waals surface area contributed by atoms with Crippen molar-refractivity contribution in [3.05, 3.63) is 59.9 Å². The van der Waals surface area contributed by atoms with Crippen molar-refractivity contribution in [2.45, 2.75) is 11.0 Å². The molecule has 0 radical (unpaired) electrons. The van der Waals surface area contributed by atoms with Crippen LogP contribution in [0.5, 0.6) is 5.75 Å². The number of carbonyl (C=O) groups excluding carboxylic acids is 1. The summed E-state index contributed by atoms with van der Waals surface area (Å²) in [5, 5.41) is -0.0212. The first-order valence-electron chi connectivity index (χ1n) is 6.99. The van der Waals surface area contributed by atoms with Crippen LogP contribution in [0.3, 0.4) is 0 Å². The van der Waals surface area contributed by atoms with Gasteiger partial charge in [0.15, 0.2) is 0 Å². The first kappa shape index (κ1) is 14.9. The summed E-state index contributed by atoms with van der Waals surface area (Å²) in [6, 6.07) is 13.9. The predicted octanol–water partition coefficient (Wildman–Crippen LogP) is 3.48. The van der Waals surface area contributed by atoms with E-state index in [1.165, 1.54) is 17.7 Å². The van der Waals surface area contributed by atoms with Crippen LogP contribution in [-0.2, 0) is 10.5 Å². The molecular weight excluding hydrogens is 301 g/mol. The summed E-state index contributed by atoms with van der Waals surface area (Å²) in [6.45, 7) is 0.672. The minimum absolute atomic E-state index is 0.0212. The molecular formula is C17H16FNO2S. The fraction of sp³-hybridized carbons (Fsp3) is 0.235. The van der Waals surface area contributed by atoms with Crippen LogP contribution in [0.1, 0.15) is 5.56 Å². The Balaban J connectivity index is 1.53. The number of amides is 1. The van der Waals surface area contributed by atoms with Crippen molar-refractivity contribution in [1.29, 1.82) is 0 Å². The first-order chi connectivity index (χ1) is 10.7. The number of β-lactam (4-membered cyclic amide) rings is 1. The number of hydrogen-bond donors (Lipinski definition) is 0. The number of methoxy groups -OCH3 is 1. The average Bonchev–Trinajstić information content (AvgIpc) is 2.55. The molecule has 0 aromatic heterocycles. The van der Waals surface area contributed by atoms with E-state index < -0.39 is 0 Å². The minimum Gasteiger partial charge on any atom is -0.497 e. The fourth-order valence-corrected chi connectivity index (χ4v) is 3.40. The molecule has 0 N–H and O–H groups in total. The maximum Gasteiger partial charge on any atom is 0.241 e. The summed E-state index contributed by atoms with van der Waals surface area (Å²) in [6.07, 6.45) is 0. The van der Waals surface area contributed by atoms with Gasteiger partial charge in [-0.3, -0.25) is 4.79 Å². The van der Waals surface area contributed by atoms with Gasteiger partial charge in [0.1, 0.15) is 16.8 Å². The molecule has 0 spiro atoms. The molecule has 3 rings (SSSR count). The van der Waals surface area contributed by atoms with E-state index in [0.29, 0.717) is 6.54 Å². The molecule has 2 aromatic rings. The van der Waals surface area contributed by atoms with Crippen molar-refractivity contribution in [3.8, 4) is 5.75 Å². The van der Waals surface area contributed by atoms with Gasteiger partial charge in [0.25, 0.3) is 0 Å². The maximum atomic E-state index is 12.9. The van der Waals surface area contributed by atoms with Gasteiger partial charge in [-0.2, -0.15) is 0 Å². The number of hydrogen-bond acceptors (Lipinski definition) is 3. The zero-order chi connectivity index (χ0) is 15.5. The number of anilines is 1. The monoisotopic (exact) mass is 317 g/mol. The Morgan fingerprint density at radius 3 is 2.45 bits per heavy atom. The Morgan fingerprint density at radius 1 is 1.18 bits per heavy atom. The molecule has 3 nitrogen and oxygen atoms in total. The Kier molecular flexibility index (Phi) is 4.34. The number of carbonyl (C=O) groups is 1. The average molecular weight is 317 g/mol. The van der Waals surface area contributed by atoms with Crippen molar-refractivity contribution >= 4 is 23.4 Å². The zero-order valence-electron chi connectivity index (χ0n) is 12.2. The molecule has 1 saturated heterocycles. The van der Waals surface area contributed by atoms with E-state index in [1.54, 1.807) is 35.9 Å². The SMILES string of the molecule is COc1ccc(CSC2CN(c3ccc(F)cc3)C2=O)cc1. The number of nitrogens with zero attached hydrogens (tertiary/aromatic N) is 1. The van der Waals surface area contributed by atoms with Crippen LogP contribution in [0.25, 0.3) is 0 Å². The standard InChI is InChI=1S/C17H16FNO2S/c1-21-15-8-2-12(3-9-15)11-22-16-10-19(17(16)20)14-6-4-13(18)5-7-14/h2-9,16H,10-11H2,1H3. The maximum absolute atomic E-state index is 12.9. The summed E-state index contributed by atoms with van der Waals surface area (Å²) >= 11 is 1.63. The van der Waals surface area contributed by atoms with Gasteiger partial charge in [0, 0.05) is 18.0 Å². The van der Waals surface area contributed by atoms with Crippen LogP contribution < -0.4 is 9.64 Å². The smallest absolute Gasteiger partial charge is 0.241 e. The molecule has 5 heteroatoms. The lowest BCUT2D eigenvalue weighted by molar-refractivity contribution is -0.121. The van der Waals surface area contributed by atoms with Gasteiger partial charge in [-0.25, -0.2) is 4.39 Å². The van der Waals surface area contributed by atoms with Gasteiger partial charge in [0.05, 0.1) is 7.11 Å². The predicted molar refractivity (Wildman–Crippen MR) is 86.8 cm³/mol. The summed E-state index contributed by atoms with van der Waals surface area (Å²) in [4.78, 5) is 13.8. The van der Waals surface area contributed by atoms with E-state index in [4.69, 9.17) is 4.74 Å². The van der Waals surface area contributed by atoms with Crippen LogP contribution in [-0.4, -0.2) is 24.8 Å². The molecule has 1 fully saturated rings. The Labute approximate surface area is 133 Å². The van der Waals surface area contributed by atoms with Crippen LogP contribution >= 0.6 is 11.8 Å². The summed E-state index contributed by atoms with van der Waals surface area (Å²) in [5.41, 5.74) is 1.92. The molecule has 0 saturated carbocycles. The second kappa shape index (κ2) is 6.40. The van der Waals surface area contributed by atoms with E-state index in [0.717, 1.165) is 17.2 Å². The third kappa shape index (κ3) is 3.09. The fourth-order valence-electron chi connectivity index (χ4n) is 2.29. The quantitative estimate of drug-likeness (QED) is 0.791. The highest BCUT2D eigenvalue weighted by Gasteiger charge is 2.37.